The zero-order chi connectivity index (χ0) is 15.4. The molecule has 2 aromatic carbocycles. The molecule has 0 aliphatic heterocycles. The average Bonchev–Trinajstić information content (AvgIpc) is 2.49. The van der Waals surface area contributed by atoms with Gasteiger partial charge in [0, 0.05) is 16.1 Å². The first kappa shape index (κ1) is 15.0. The Morgan fingerprint density at radius 3 is 2.48 bits per heavy atom. The first-order valence-electron chi connectivity index (χ1n) is 5.90. The summed E-state index contributed by atoms with van der Waals surface area (Å²) < 4.78 is 5.57. The van der Waals surface area contributed by atoms with E-state index >= 15 is 0 Å². The number of methoxy groups -OCH3 is 1. The number of anilines is 1. The van der Waals surface area contributed by atoms with Crippen molar-refractivity contribution < 1.29 is 14.5 Å². The normalized spacial score (nSPS) is 10.0. The first-order chi connectivity index (χ1) is 10.0. The van der Waals surface area contributed by atoms with E-state index in [1.807, 2.05) is 0 Å². The number of halogens is 1. The molecule has 0 aromatic heterocycles. The summed E-state index contributed by atoms with van der Waals surface area (Å²) >= 11 is 3.16. The monoisotopic (exact) mass is 350 g/mol. The number of hydrogen-bond donors (Lipinski definition) is 1. The summed E-state index contributed by atoms with van der Waals surface area (Å²) in [7, 11) is 1.53. The van der Waals surface area contributed by atoms with Crippen LogP contribution < -0.4 is 10.1 Å². The lowest BCUT2D eigenvalue weighted by Gasteiger charge is -2.07. The highest BCUT2D eigenvalue weighted by atomic mass is 79.9. The Morgan fingerprint density at radius 1 is 1.24 bits per heavy atom. The Labute approximate surface area is 129 Å². The third-order valence-corrected chi connectivity index (χ3v) is 3.25. The molecule has 0 unspecified atom stereocenters. The summed E-state index contributed by atoms with van der Waals surface area (Å²) in [5, 5.41) is 13.5. The fourth-order valence-electron chi connectivity index (χ4n) is 1.70. The molecule has 21 heavy (non-hydrogen) atoms. The van der Waals surface area contributed by atoms with Crippen LogP contribution in [0, 0.1) is 10.1 Å². The minimum atomic E-state index is -0.547. The fraction of sp³-hybridized carbons (Fsp3) is 0.0714. The Balaban J connectivity index is 2.24. The van der Waals surface area contributed by atoms with Gasteiger partial charge in [-0.1, -0.05) is 15.9 Å². The van der Waals surface area contributed by atoms with E-state index in [1.54, 1.807) is 30.3 Å². The molecule has 0 fully saturated rings. The molecule has 6 nitrogen and oxygen atoms in total. The molecule has 0 spiro atoms. The number of amides is 1. The number of carbonyl (C=O) groups is 1. The van der Waals surface area contributed by atoms with Crippen LogP contribution in [0.3, 0.4) is 0 Å². The summed E-state index contributed by atoms with van der Waals surface area (Å²) in [4.78, 5) is 22.5. The lowest BCUT2D eigenvalue weighted by molar-refractivity contribution is -0.384. The van der Waals surface area contributed by atoms with Crippen LogP contribution in [0.1, 0.15) is 10.4 Å². The second-order valence-electron chi connectivity index (χ2n) is 4.10. The first-order valence-corrected chi connectivity index (χ1v) is 6.70. The zero-order valence-corrected chi connectivity index (χ0v) is 12.6. The Bertz CT molecular complexity index is 686. The van der Waals surface area contributed by atoms with Crippen LogP contribution in [-0.4, -0.2) is 17.9 Å². The molecule has 7 heteroatoms. The second-order valence-corrected chi connectivity index (χ2v) is 5.02. The second kappa shape index (κ2) is 6.36. The number of carbonyl (C=O) groups excluding carboxylic acids is 1. The van der Waals surface area contributed by atoms with Crippen LogP contribution in [0.15, 0.2) is 46.9 Å². The number of hydrogen-bond acceptors (Lipinski definition) is 4. The Hall–Kier alpha value is -2.41. The maximum absolute atomic E-state index is 12.1. The zero-order valence-electron chi connectivity index (χ0n) is 11.0. The van der Waals surface area contributed by atoms with E-state index in [0.717, 1.165) is 0 Å². The van der Waals surface area contributed by atoms with Crippen molar-refractivity contribution in [2.75, 3.05) is 12.4 Å². The Kier molecular flexibility index (Phi) is 4.54. The topological polar surface area (TPSA) is 81.5 Å². The molecule has 0 heterocycles. The van der Waals surface area contributed by atoms with Crippen molar-refractivity contribution >= 4 is 33.2 Å². The highest BCUT2D eigenvalue weighted by Gasteiger charge is 2.17. The van der Waals surface area contributed by atoms with Crippen molar-refractivity contribution in [3.05, 3.63) is 62.6 Å². The largest absolute Gasteiger partial charge is 0.497 e. The molecule has 0 saturated carbocycles. The molecular weight excluding hydrogens is 340 g/mol. The fourth-order valence-corrected chi connectivity index (χ4v) is 2.05. The minimum absolute atomic E-state index is 0.143. The third-order valence-electron chi connectivity index (χ3n) is 2.76. The van der Waals surface area contributed by atoms with Crippen molar-refractivity contribution in [2.24, 2.45) is 0 Å². The van der Waals surface area contributed by atoms with E-state index in [0.29, 0.717) is 15.8 Å². The van der Waals surface area contributed by atoms with E-state index in [2.05, 4.69) is 21.2 Å². The van der Waals surface area contributed by atoms with Gasteiger partial charge in [0.25, 0.3) is 11.6 Å². The summed E-state index contributed by atoms with van der Waals surface area (Å²) in [5.41, 5.74) is 0.350. The molecule has 1 N–H and O–H groups in total. The highest BCUT2D eigenvalue weighted by Crippen LogP contribution is 2.28. The lowest BCUT2D eigenvalue weighted by Crippen LogP contribution is -2.13. The van der Waals surface area contributed by atoms with Gasteiger partial charge in [-0.05, 0) is 36.4 Å². The molecular formula is C14H11BrN2O4. The van der Waals surface area contributed by atoms with Crippen LogP contribution in [0.2, 0.25) is 0 Å². The smallest absolute Gasteiger partial charge is 0.293 e. The van der Waals surface area contributed by atoms with Crippen LogP contribution >= 0.6 is 15.9 Å². The van der Waals surface area contributed by atoms with Gasteiger partial charge in [-0.2, -0.15) is 0 Å². The molecule has 2 rings (SSSR count). The number of nitrogens with one attached hydrogen (secondary N) is 1. The molecule has 0 radical (unpaired) electrons. The standard InChI is InChI=1S/C14H11BrN2O4/c1-21-11-5-2-9(3-6-11)14(18)16-12-7-4-10(15)8-13(12)17(19)20/h2-8H,1H3,(H,16,18). The molecule has 0 aliphatic rings. The van der Waals surface area contributed by atoms with Crippen molar-refractivity contribution in [2.45, 2.75) is 0 Å². The molecule has 2 aromatic rings. The number of ether oxygens (including phenoxy) is 1. The lowest BCUT2D eigenvalue weighted by atomic mass is 10.2. The maximum Gasteiger partial charge on any atom is 0.293 e. The Morgan fingerprint density at radius 2 is 1.90 bits per heavy atom. The van der Waals surface area contributed by atoms with Gasteiger partial charge >= 0.3 is 0 Å². The predicted octanol–water partition coefficient (Wildman–Crippen LogP) is 3.62. The molecule has 1 amide bonds. The number of benzene rings is 2. The highest BCUT2D eigenvalue weighted by molar-refractivity contribution is 9.10. The number of nitrogens with zero attached hydrogens (tertiary/aromatic N) is 1. The molecule has 0 saturated heterocycles. The van der Waals surface area contributed by atoms with E-state index in [4.69, 9.17) is 4.74 Å². The SMILES string of the molecule is COc1ccc(C(=O)Nc2ccc(Br)cc2[N+](=O)[O-])cc1. The van der Waals surface area contributed by atoms with Gasteiger partial charge in [-0.15, -0.1) is 0 Å². The van der Waals surface area contributed by atoms with E-state index in [1.165, 1.54) is 19.2 Å². The molecule has 0 aliphatic carbocycles. The maximum atomic E-state index is 12.1. The van der Waals surface area contributed by atoms with Crippen molar-refractivity contribution in [3.8, 4) is 5.75 Å². The molecule has 0 atom stereocenters. The van der Waals surface area contributed by atoms with Crippen molar-refractivity contribution in [3.63, 3.8) is 0 Å². The van der Waals surface area contributed by atoms with Gasteiger partial charge in [0.05, 0.1) is 12.0 Å². The minimum Gasteiger partial charge on any atom is -0.497 e. The van der Waals surface area contributed by atoms with Crippen LogP contribution in [0.5, 0.6) is 5.75 Å². The summed E-state index contributed by atoms with van der Waals surface area (Å²) in [6.45, 7) is 0. The quantitative estimate of drug-likeness (QED) is 0.674. The number of nitro benzene ring substituents is 1. The summed E-state index contributed by atoms with van der Waals surface area (Å²) in [6.07, 6.45) is 0. The van der Waals surface area contributed by atoms with Gasteiger partial charge in [0.2, 0.25) is 0 Å². The van der Waals surface area contributed by atoms with E-state index < -0.39 is 10.8 Å². The van der Waals surface area contributed by atoms with Crippen molar-refractivity contribution in [1.82, 2.24) is 0 Å². The van der Waals surface area contributed by atoms with Crippen LogP contribution in [0.25, 0.3) is 0 Å². The van der Waals surface area contributed by atoms with E-state index in [-0.39, 0.29) is 11.4 Å². The van der Waals surface area contributed by atoms with Crippen molar-refractivity contribution in [1.29, 1.82) is 0 Å². The number of rotatable bonds is 4. The third kappa shape index (κ3) is 3.57. The summed E-state index contributed by atoms with van der Waals surface area (Å²) in [5.74, 6) is 0.198. The van der Waals surface area contributed by atoms with E-state index in [9.17, 15) is 14.9 Å². The van der Waals surface area contributed by atoms with Gasteiger partial charge in [-0.3, -0.25) is 14.9 Å². The molecule has 108 valence electrons. The molecule has 0 bridgehead atoms. The van der Waals surface area contributed by atoms with Gasteiger partial charge < -0.3 is 10.1 Å². The van der Waals surface area contributed by atoms with Crippen LogP contribution in [-0.2, 0) is 0 Å². The predicted molar refractivity (Wildman–Crippen MR) is 81.7 cm³/mol. The van der Waals surface area contributed by atoms with Crippen LogP contribution in [0.4, 0.5) is 11.4 Å². The van der Waals surface area contributed by atoms with Gasteiger partial charge in [-0.25, -0.2) is 0 Å². The average molecular weight is 351 g/mol. The number of nitro groups is 1. The summed E-state index contributed by atoms with van der Waals surface area (Å²) in [6, 6.07) is 10.9. The van der Waals surface area contributed by atoms with Gasteiger partial charge in [0.1, 0.15) is 11.4 Å². The van der Waals surface area contributed by atoms with Gasteiger partial charge in [0.15, 0.2) is 0 Å².